The lowest BCUT2D eigenvalue weighted by Crippen LogP contribution is -2.68. The Labute approximate surface area is 749 Å². The van der Waals surface area contributed by atoms with Crippen LogP contribution in [0.1, 0.15) is 505 Å². The zero-order valence-corrected chi connectivity index (χ0v) is 80.7. The Hall–Kier alpha value is -3.31. The molecular formula is C100H189N2O20P. The number of hydrogen-bond donors (Lipinski definition) is 7. The Balaban J connectivity index is 2.62. The Morgan fingerprint density at radius 2 is 0.618 bits per heavy atom. The number of esters is 4. The van der Waals surface area contributed by atoms with Gasteiger partial charge in [-0.25, -0.2) is 4.57 Å². The minimum absolute atomic E-state index is 0.0373. The fraction of sp³-hybridized carbons (Fsp3) is 0.940. The second-order valence-electron chi connectivity index (χ2n) is 37.6. The summed E-state index contributed by atoms with van der Waals surface area (Å²) in [4.78, 5) is 106. The SMILES string of the molecule is CCCCCCCCCCCCCCCC(=O)O[C@@H]1C(NC(=O)C[C@@H](CCCCCCCCCCC)OC(=O)CCCCCCCCCCCC(C)C)C(O)OC(CO[C@@H]2OC(CO)[C@@H](OP(=O)(O)O)[C@H](OC(=O)CCCCCCCCCCCCC)C2NC(=O)C[C@@H](CCCCCCCCCCC)OC(=O)CCCCCCCCCCCC(C)C)[C@H]1O. The van der Waals surface area contributed by atoms with Gasteiger partial charge in [0.2, 0.25) is 11.8 Å². The van der Waals surface area contributed by atoms with Crippen LogP contribution >= 0.6 is 7.82 Å². The molecule has 0 bridgehead atoms. The second kappa shape index (κ2) is 78.5. The molecule has 2 heterocycles. The number of aliphatic hydroxyl groups is 3. The number of aliphatic hydroxyl groups excluding tert-OH is 3. The van der Waals surface area contributed by atoms with Crippen LogP contribution in [-0.2, 0) is 71.0 Å². The monoisotopic (exact) mass is 1770 g/mol. The van der Waals surface area contributed by atoms with E-state index < -0.39 is 130 Å². The number of unbranched alkanes of at least 4 members (excludes halogenated alkanes) is 54. The molecule has 724 valence electrons. The summed E-state index contributed by atoms with van der Waals surface area (Å²) < 4.78 is 61.9. The third kappa shape index (κ3) is 64.2. The van der Waals surface area contributed by atoms with Gasteiger partial charge in [0, 0.05) is 25.7 Å². The summed E-state index contributed by atoms with van der Waals surface area (Å²) in [6.45, 7) is 16.2. The largest absolute Gasteiger partial charge is 0.470 e. The number of phosphoric acid groups is 1. The normalized spacial score (nSPS) is 19.8. The number of carbonyl (C=O) groups excluding carboxylic acids is 6. The van der Waals surface area contributed by atoms with Gasteiger partial charge in [0.1, 0.15) is 48.7 Å². The smallest absolute Gasteiger partial charge is 0.462 e. The van der Waals surface area contributed by atoms with Gasteiger partial charge in [-0.2, -0.15) is 0 Å². The molecule has 0 aromatic carbocycles. The maximum atomic E-state index is 15.0. The molecule has 0 saturated carbocycles. The Morgan fingerprint density at radius 1 is 0.341 bits per heavy atom. The van der Waals surface area contributed by atoms with Gasteiger partial charge >= 0.3 is 31.7 Å². The lowest BCUT2D eigenvalue weighted by atomic mass is 9.95. The van der Waals surface area contributed by atoms with Gasteiger partial charge in [0.05, 0.1) is 26.1 Å². The van der Waals surface area contributed by atoms with Crippen LogP contribution < -0.4 is 10.6 Å². The first-order chi connectivity index (χ1) is 59.5. The standard InChI is InChI=1S/C100H189N2O20P/c1-9-13-17-21-25-29-31-32-34-42-51-59-67-75-91(108)120-97-93(101-87(104)77-83(71-63-55-47-37-27-23-19-15-11-3)116-89(106)73-65-57-49-43-35-39-45-53-61-69-81(5)6)99(111)118-86(95(97)110)80-115-100-94(98(96(85(79-103)119-100)122-123(112,113)114)121-92(109)76-68-60-52-41-33-30-26-22-18-14-10-2)102-88(105)78-84(72-64-56-48-38-28-24-20-16-12-4)117-90(107)74-66-58-50-44-36-40-46-54-62-70-82(7)8/h81-86,93-100,103,110-111H,9-80H2,1-8H3,(H,101,104)(H,102,105)(H2,112,113,114)/t83-,84-,85?,86?,93?,94?,95-,96-,97-,98-,99?,100-/m1/s1. The molecule has 2 aliphatic heterocycles. The Bertz CT molecular complexity index is 2580. The first-order valence-corrected chi connectivity index (χ1v) is 53.1. The topological polar surface area (TPSA) is 319 Å². The number of carbonyl (C=O) groups is 6. The Morgan fingerprint density at radius 3 is 0.919 bits per heavy atom. The highest BCUT2D eigenvalue weighted by Gasteiger charge is 2.54. The van der Waals surface area contributed by atoms with Crippen molar-refractivity contribution in [3.63, 3.8) is 0 Å². The molecule has 7 N–H and O–H groups in total. The molecule has 2 fully saturated rings. The molecule has 5 unspecified atom stereocenters. The van der Waals surface area contributed by atoms with E-state index in [2.05, 4.69) is 66.0 Å². The maximum Gasteiger partial charge on any atom is 0.470 e. The quantitative estimate of drug-likeness (QED) is 0.0129. The first-order valence-electron chi connectivity index (χ1n) is 51.6. The van der Waals surface area contributed by atoms with E-state index in [4.69, 9.17) is 37.7 Å². The van der Waals surface area contributed by atoms with E-state index in [9.17, 15) is 58.4 Å². The molecule has 23 heteroatoms. The molecule has 0 spiro atoms. The van der Waals surface area contributed by atoms with Crippen LogP contribution in [0.15, 0.2) is 0 Å². The van der Waals surface area contributed by atoms with Crippen LogP contribution in [0.25, 0.3) is 0 Å². The van der Waals surface area contributed by atoms with Crippen LogP contribution in [0, 0.1) is 11.8 Å². The lowest BCUT2D eigenvalue weighted by molar-refractivity contribution is -0.298. The van der Waals surface area contributed by atoms with Crippen molar-refractivity contribution in [3.05, 3.63) is 0 Å². The van der Waals surface area contributed by atoms with Crippen LogP contribution in [-0.4, -0.2) is 148 Å². The fourth-order valence-corrected chi connectivity index (χ4v) is 17.8. The molecule has 0 aromatic heterocycles. The van der Waals surface area contributed by atoms with E-state index in [1.54, 1.807) is 0 Å². The predicted octanol–water partition coefficient (Wildman–Crippen LogP) is 24.6. The lowest BCUT2D eigenvalue weighted by Gasteiger charge is -2.46. The van der Waals surface area contributed by atoms with Crippen LogP contribution in [0.2, 0.25) is 0 Å². The van der Waals surface area contributed by atoms with Gasteiger partial charge in [-0.1, -0.05) is 415 Å². The van der Waals surface area contributed by atoms with Gasteiger partial charge in [-0.15, -0.1) is 0 Å². The van der Waals surface area contributed by atoms with Crippen molar-refractivity contribution in [3.8, 4) is 0 Å². The number of nitrogens with one attached hydrogen (secondary N) is 2. The molecule has 0 aromatic rings. The van der Waals surface area contributed by atoms with E-state index in [0.29, 0.717) is 63.7 Å². The minimum atomic E-state index is -5.51. The molecule has 2 amide bonds. The van der Waals surface area contributed by atoms with Gasteiger partial charge in [0.15, 0.2) is 24.8 Å². The number of phosphoric ester groups is 1. The number of rotatable bonds is 86. The summed E-state index contributed by atoms with van der Waals surface area (Å²) in [5.74, 6) is -2.28. The molecule has 0 radical (unpaired) electrons. The summed E-state index contributed by atoms with van der Waals surface area (Å²) in [5, 5.41) is 41.5. The van der Waals surface area contributed by atoms with E-state index in [-0.39, 0.29) is 38.5 Å². The highest BCUT2D eigenvalue weighted by atomic mass is 31.2. The van der Waals surface area contributed by atoms with Gasteiger partial charge < -0.3 is 68.9 Å². The van der Waals surface area contributed by atoms with Crippen molar-refractivity contribution in [2.75, 3.05) is 13.2 Å². The average molecular weight is 1770 g/mol. The first kappa shape index (κ1) is 116. The number of hydrogen-bond acceptors (Lipinski definition) is 18. The van der Waals surface area contributed by atoms with Crippen LogP contribution in [0.5, 0.6) is 0 Å². The molecule has 2 rings (SSSR count). The highest BCUT2D eigenvalue weighted by Crippen LogP contribution is 2.43. The van der Waals surface area contributed by atoms with Crippen molar-refractivity contribution in [1.29, 1.82) is 0 Å². The predicted molar refractivity (Wildman–Crippen MR) is 494 cm³/mol. The number of ether oxygens (including phenoxy) is 7. The van der Waals surface area contributed by atoms with Crippen LogP contribution in [0.4, 0.5) is 0 Å². The maximum absolute atomic E-state index is 15.0. The Kier molecular flexibility index (Phi) is 73.9. The van der Waals surface area contributed by atoms with Gasteiger partial charge in [-0.05, 0) is 63.2 Å². The van der Waals surface area contributed by atoms with Crippen molar-refractivity contribution in [1.82, 2.24) is 10.6 Å². The summed E-state index contributed by atoms with van der Waals surface area (Å²) >= 11 is 0. The van der Waals surface area contributed by atoms with E-state index in [1.165, 1.54) is 186 Å². The summed E-state index contributed by atoms with van der Waals surface area (Å²) in [5.41, 5.74) is 0. The summed E-state index contributed by atoms with van der Waals surface area (Å²) in [7, 11) is -5.51. The zero-order valence-electron chi connectivity index (χ0n) is 79.8. The van der Waals surface area contributed by atoms with Crippen molar-refractivity contribution in [2.24, 2.45) is 11.8 Å². The highest BCUT2D eigenvalue weighted by molar-refractivity contribution is 7.46. The summed E-state index contributed by atoms with van der Waals surface area (Å²) in [6.07, 6.45) is 50.4. The third-order valence-electron chi connectivity index (χ3n) is 24.9. The summed E-state index contributed by atoms with van der Waals surface area (Å²) in [6, 6.07) is -3.24. The molecule has 2 aliphatic rings. The number of amides is 2. The average Bonchev–Trinajstić information content (AvgIpc) is 0.779. The van der Waals surface area contributed by atoms with E-state index in [1.807, 2.05) is 0 Å². The fourth-order valence-electron chi connectivity index (χ4n) is 17.3. The molecular weight excluding hydrogens is 1580 g/mol. The molecule has 123 heavy (non-hydrogen) atoms. The molecule has 2 saturated heterocycles. The third-order valence-corrected chi connectivity index (χ3v) is 25.4. The van der Waals surface area contributed by atoms with Gasteiger partial charge in [-0.3, -0.25) is 33.3 Å². The second-order valence-corrected chi connectivity index (χ2v) is 38.8. The molecule has 22 nitrogen and oxygen atoms in total. The molecule has 12 atom stereocenters. The van der Waals surface area contributed by atoms with E-state index >= 15 is 0 Å². The molecule has 0 aliphatic carbocycles. The van der Waals surface area contributed by atoms with Crippen molar-refractivity contribution in [2.45, 2.75) is 578 Å². The van der Waals surface area contributed by atoms with Crippen molar-refractivity contribution < 1.29 is 96.1 Å². The van der Waals surface area contributed by atoms with E-state index in [0.717, 1.165) is 173 Å². The minimum Gasteiger partial charge on any atom is -0.462 e. The van der Waals surface area contributed by atoms with Crippen LogP contribution in [0.3, 0.4) is 0 Å². The van der Waals surface area contributed by atoms with Gasteiger partial charge in [0.25, 0.3) is 0 Å². The van der Waals surface area contributed by atoms with Crippen molar-refractivity contribution >= 4 is 43.5 Å². The zero-order chi connectivity index (χ0) is 90.0.